The first-order valence-corrected chi connectivity index (χ1v) is 7.59. The first kappa shape index (κ1) is 17.8. The molecule has 2 nitrogen and oxygen atoms in total. The average Bonchev–Trinajstić information content (AvgIpc) is 2.45. The quantitative estimate of drug-likeness (QED) is 0.763. The van der Waals surface area contributed by atoms with Crippen LogP contribution in [0.25, 0.3) is 0 Å². The number of benzene rings is 1. The van der Waals surface area contributed by atoms with Crippen LogP contribution < -0.4 is 10.2 Å². The lowest BCUT2D eigenvalue weighted by molar-refractivity contribution is -0.138. The molecular formula is C16H25F3N2. The molecule has 0 aliphatic carbocycles. The molecule has 0 radical (unpaired) electrons. The summed E-state index contributed by atoms with van der Waals surface area (Å²) in [5.74, 6) is 0. The van der Waals surface area contributed by atoms with E-state index in [1.165, 1.54) is 6.07 Å². The maximum Gasteiger partial charge on any atom is 0.416 e. The number of alkyl halides is 3. The van der Waals surface area contributed by atoms with Crippen LogP contribution in [0.2, 0.25) is 0 Å². The number of hydrogen-bond acceptors (Lipinski definition) is 2. The Morgan fingerprint density at radius 1 is 1.14 bits per heavy atom. The summed E-state index contributed by atoms with van der Waals surface area (Å²) in [4.78, 5) is 2.00. The Hall–Kier alpha value is -1.23. The minimum Gasteiger partial charge on any atom is -0.372 e. The van der Waals surface area contributed by atoms with Crippen LogP contribution in [0.5, 0.6) is 0 Å². The Kier molecular flexibility index (Phi) is 7.02. The second kappa shape index (κ2) is 8.27. The molecule has 1 N–H and O–H groups in total. The molecule has 0 saturated carbocycles. The van der Waals surface area contributed by atoms with Gasteiger partial charge in [-0.2, -0.15) is 13.2 Å². The molecule has 21 heavy (non-hydrogen) atoms. The van der Waals surface area contributed by atoms with Gasteiger partial charge < -0.3 is 10.2 Å². The zero-order valence-electron chi connectivity index (χ0n) is 13.1. The highest BCUT2D eigenvalue weighted by Gasteiger charge is 2.33. The lowest BCUT2D eigenvalue weighted by atomic mass is 10.0. The summed E-state index contributed by atoms with van der Waals surface area (Å²) in [5.41, 5.74) is 0.425. The molecule has 0 fully saturated rings. The van der Waals surface area contributed by atoms with E-state index in [0.29, 0.717) is 24.3 Å². The topological polar surface area (TPSA) is 15.3 Å². The molecule has 1 aromatic rings. The van der Waals surface area contributed by atoms with Gasteiger partial charge in [-0.3, -0.25) is 0 Å². The summed E-state index contributed by atoms with van der Waals surface area (Å²) >= 11 is 0. The van der Waals surface area contributed by atoms with Gasteiger partial charge in [0, 0.05) is 25.3 Å². The summed E-state index contributed by atoms with van der Waals surface area (Å²) in [6, 6.07) is 4.67. The largest absolute Gasteiger partial charge is 0.416 e. The molecule has 0 saturated heterocycles. The van der Waals surface area contributed by atoms with E-state index >= 15 is 0 Å². The Morgan fingerprint density at radius 3 is 2.38 bits per heavy atom. The zero-order chi connectivity index (χ0) is 15.9. The van der Waals surface area contributed by atoms with E-state index in [2.05, 4.69) is 12.2 Å². The van der Waals surface area contributed by atoms with Crippen LogP contribution in [0.4, 0.5) is 18.9 Å². The minimum absolute atomic E-state index is 0.243. The highest BCUT2D eigenvalue weighted by molar-refractivity contribution is 5.52. The van der Waals surface area contributed by atoms with Gasteiger partial charge in [0.05, 0.1) is 5.56 Å². The Morgan fingerprint density at radius 2 is 1.86 bits per heavy atom. The monoisotopic (exact) mass is 302 g/mol. The van der Waals surface area contributed by atoms with Crippen molar-refractivity contribution in [3.8, 4) is 0 Å². The summed E-state index contributed by atoms with van der Waals surface area (Å²) in [6.07, 6.45) is -2.31. The van der Waals surface area contributed by atoms with Crippen LogP contribution in [0.15, 0.2) is 18.2 Å². The van der Waals surface area contributed by atoms with E-state index in [4.69, 9.17) is 0 Å². The van der Waals surface area contributed by atoms with E-state index in [9.17, 15) is 13.2 Å². The standard InChI is InChI=1S/C16H25F3N2/c1-4-7-10-21(6-3)14-9-8-13(12-20-5-2)15(11-14)16(17,18)19/h8-9,11,20H,4-7,10,12H2,1-3H3. The summed E-state index contributed by atoms with van der Waals surface area (Å²) in [6.45, 7) is 8.32. The maximum absolute atomic E-state index is 13.2. The van der Waals surface area contributed by atoms with Crippen LogP contribution in [-0.4, -0.2) is 19.6 Å². The van der Waals surface area contributed by atoms with Gasteiger partial charge in [-0.25, -0.2) is 0 Å². The Balaban J connectivity index is 3.07. The molecule has 0 unspecified atom stereocenters. The first-order valence-electron chi connectivity index (χ1n) is 7.59. The summed E-state index contributed by atoms with van der Waals surface area (Å²) < 4.78 is 39.7. The molecule has 0 aromatic heterocycles. The average molecular weight is 302 g/mol. The minimum atomic E-state index is -4.31. The molecule has 5 heteroatoms. The molecule has 0 bridgehead atoms. The van der Waals surface area contributed by atoms with E-state index in [1.807, 2.05) is 18.7 Å². The van der Waals surface area contributed by atoms with E-state index in [-0.39, 0.29) is 6.54 Å². The number of hydrogen-bond donors (Lipinski definition) is 1. The number of nitrogens with zero attached hydrogens (tertiary/aromatic N) is 1. The third-order valence-electron chi connectivity index (χ3n) is 3.49. The first-order chi connectivity index (χ1) is 9.93. The normalized spacial score (nSPS) is 11.7. The fourth-order valence-corrected chi connectivity index (χ4v) is 2.26. The van der Waals surface area contributed by atoms with Gasteiger partial charge in [-0.1, -0.05) is 26.3 Å². The summed E-state index contributed by atoms with van der Waals surface area (Å²) in [5, 5.41) is 2.96. The van der Waals surface area contributed by atoms with Crippen molar-refractivity contribution >= 4 is 5.69 Å². The number of nitrogens with one attached hydrogen (secondary N) is 1. The van der Waals surface area contributed by atoms with E-state index in [1.54, 1.807) is 12.1 Å². The van der Waals surface area contributed by atoms with Crippen LogP contribution in [0, 0.1) is 0 Å². The Bertz CT molecular complexity index is 430. The van der Waals surface area contributed by atoms with E-state index < -0.39 is 11.7 Å². The van der Waals surface area contributed by atoms with Gasteiger partial charge in [0.2, 0.25) is 0 Å². The number of anilines is 1. The van der Waals surface area contributed by atoms with Crippen molar-refractivity contribution < 1.29 is 13.2 Å². The van der Waals surface area contributed by atoms with Crippen LogP contribution in [0.1, 0.15) is 44.7 Å². The molecule has 0 aliphatic rings. The number of rotatable bonds is 8. The fraction of sp³-hybridized carbons (Fsp3) is 0.625. The SMILES string of the molecule is CCCCN(CC)c1ccc(CNCC)c(C(F)(F)F)c1. The molecule has 1 rings (SSSR count). The van der Waals surface area contributed by atoms with Crippen LogP contribution in [-0.2, 0) is 12.7 Å². The lowest BCUT2D eigenvalue weighted by Crippen LogP contribution is -2.25. The van der Waals surface area contributed by atoms with Crippen LogP contribution >= 0.6 is 0 Å². The van der Waals surface area contributed by atoms with Gasteiger partial charge in [0.25, 0.3) is 0 Å². The molecule has 120 valence electrons. The van der Waals surface area contributed by atoms with E-state index in [0.717, 1.165) is 19.4 Å². The summed E-state index contributed by atoms with van der Waals surface area (Å²) in [7, 11) is 0. The lowest BCUT2D eigenvalue weighted by Gasteiger charge is -2.25. The van der Waals surface area contributed by atoms with Crippen molar-refractivity contribution in [3.63, 3.8) is 0 Å². The predicted molar refractivity (Wildman–Crippen MR) is 81.6 cm³/mol. The van der Waals surface area contributed by atoms with Crippen molar-refractivity contribution in [1.82, 2.24) is 5.32 Å². The third-order valence-corrected chi connectivity index (χ3v) is 3.49. The molecule has 0 atom stereocenters. The van der Waals surface area contributed by atoms with Gasteiger partial charge >= 0.3 is 6.18 Å². The molecule has 1 aromatic carbocycles. The molecule has 0 heterocycles. The Labute approximate surface area is 125 Å². The van der Waals surface area contributed by atoms with Gasteiger partial charge in [0.15, 0.2) is 0 Å². The van der Waals surface area contributed by atoms with Crippen molar-refractivity contribution in [2.75, 3.05) is 24.5 Å². The van der Waals surface area contributed by atoms with Crippen molar-refractivity contribution in [2.24, 2.45) is 0 Å². The number of halogens is 3. The highest BCUT2D eigenvalue weighted by Crippen LogP contribution is 2.34. The fourth-order valence-electron chi connectivity index (χ4n) is 2.26. The molecule has 0 aliphatic heterocycles. The molecule has 0 amide bonds. The predicted octanol–water partition coefficient (Wildman–Crippen LogP) is 4.44. The second-order valence-electron chi connectivity index (χ2n) is 5.05. The van der Waals surface area contributed by atoms with Crippen molar-refractivity contribution in [1.29, 1.82) is 0 Å². The molecular weight excluding hydrogens is 277 g/mol. The van der Waals surface area contributed by atoms with Gasteiger partial charge in [-0.15, -0.1) is 0 Å². The van der Waals surface area contributed by atoms with Crippen LogP contribution in [0.3, 0.4) is 0 Å². The zero-order valence-corrected chi connectivity index (χ0v) is 13.1. The van der Waals surface area contributed by atoms with Gasteiger partial charge in [-0.05, 0) is 37.6 Å². The second-order valence-corrected chi connectivity index (χ2v) is 5.05. The van der Waals surface area contributed by atoms with Gasteiger partial charge in [0.1, 0.15) is 0 Å². The number of unbranched alkanes of at least 4 members (excludes halogenated alkanes) is 1. The van der Waals surface area contributed by atoms with Crippen molar-refractivity contribution in [3.05, 3.63) is 29.3 Å². The highest BCUT2D eigenvalue weighted by atomic mass is 19.4. The third kappa shape index (κ3) is 5.23. The molecule has 0 spiro atoms. The van der Waals surface area contributed by atoms with Crippen molar-refractivity contribution in [2.45, 2.75) is 46.3 Å². The smallest absolute Gasteiger partial charge is 0.372 e. The maximum atomic E-state index is 13.2.